The SMILES string of the molecule is COc1cc(=O)n2c(c1C(=O)NCCC(C)C)CCN(C(=O)c1[nH]c3ccc(Cl)cc3c1C)CC2. The summed E-state index contributed by atoms with van der Waals surface area (Å²) in [5.74, 6) is 0.294. The number of aryl methyl sites for hydroxylation is 1. The summed E-state index contributed by atoms with van der Waals surface area (Å²) in [4.78, 5) is 44.4. The van der Waals surface area contributed by atoms with E-state index < -0.39 is 0 Å². The first-order valence-corrected chi connectivity index (χ1v) is 12.2. The lowest BCUT2D eigenvalue weighted by molar-refractivity contribution is 0.0753. The van der Waals surface area contributed by atoms with Crippen LogP contribution in [-0.2, 0) is 13.0 Å². The van der Waals surface area contributed by atoms with Crippen molar-refractivity contribution in [2.24, 2.45) is 5.92 Å². The number of benzene rings is 1. The third-order valence-electron chi connectivity index (χ3n) is 6.57. The second-order valence-corrected chi connectivity index (χ2v) is 9.76. The quantitative estimate of drug-likeness (QED) is 0.540. The molecule has 2 aromatic heterocycles. The van der Waals surface area contributed by atoms with Gasteiger partial charge in [0.05, 0.1) is 7.11 Å². The highest BCUT2D eigenvalue weighted by Gasteiger charge is 2.28. The molecule has 9 heteroatoms. The summed E-state index contributed by atoms with van der Waals surface area (Å²) in [7, 11) is 1.45. The van der Waals surface area contributed by atoms with Gasteiger partial charge in [0.15, 0.2) is 0 Å². The van der Waals surface area contributed by atoms with Gasteiger partial charge in [-0.25, -0.2) is 0 Å². The van der Waals surface area contributed by atoms with Gasteiger partial charge in [-0.2, -0.15) is 0 Å². The summed E-state index contributed by atoms with van der Waals surface area (Å²) in [6, 6.07) is 6.83. The molecule has 0 radical (unpaired) electrons. The fourth-order valence-corrected chi connectivity index (χ4v) is 4.76. The van der Waals surface area contributed by atoms with E-state index in [2.05, 4.69) is 24.1 Å². The molecule has 35 heavy (non-hydrogen) atoms. The standard InChI is InChI=1S/C26H31ClN4O4/c1-15(2)7-9-28-25(33)23-20-8-10-30(11-12-31(20)22(32)14-21(23)35-4)26(34)24-16(3)18-13-17(27)5-6-19(18)29-24/h5-6,13-15,29H,7-12H2,1-4H3,(H,28,33). The van der Waals surface area contributed by atoms with Crippen molar-refractivity contribution in [2.45, 2.75) is 40.2 Å². The van der Waals surface area contributed by atoms with Crippen molar-refractivity contribution >= 4 is 34.3 Å². The maximum atomic E-state index is 13.5. The fourth-order valence-electron chi connectivity index (χ4n) is 4.59. The summed E-state index contributed by atoms with van der Waals surface area (Å²) < 4.78 is 7.00. The second-order valence-electron chi connectivity index (χ2n) is 9.32. The van der Waals surface area contributed by atoms with Crippen molar-refractivity contribution in [2.75, 3.05) is 26.7 Å². The highest BCUT2D eigenvalue weighted by Crippen LogP contribution is 2.27. The van der Waals surface area contributed by atoms with Crippen molar-refractivity contribution in [3.05, 3.63) is 62.2 Å². The first kappa shape index (κ1) is 24.9. The molecule has 0 bridgehead atoms. The molecular weight excluding hydrogens is 468 g/mol. The van der Waals surface area contributed by atoms with Gasteiger partial charge in [0.1, 0.15) is 17.0 Å². The van der Waals surface area contributed by atoms with E-state index in [0.717, 1.165) is 22.9 Å². The van der Waals surface area contributed by atoms with E-state index in [9.17, 15) is 14.4 Å². The largest absolute Gasteiger partial charge is 0.496 e. The maximum absolute atomic E-state index is 13.5. The zero-order valence-electron chi connectivity index (χ0n) is 20.5. The molecule has 2 amide bonds. The normalized spacial score (nSPS) is 13.6. The van der Waals surface area contributed by atoms with Crippen molar-refractivity contribution < 1.29 is 14.3 Å². The molecule has 0 saturated heterocycles. The zero-order valence-corrected chi connectivity index (χ0v) is 21.3. The minimum atomic E-state index is -0.269. The van der Waals surface area contributed by atoms with E-state index in [4.69, 9.17) is 16.3 Å². The molecule has 186 valence electrons. The topological polar surface area (TPSA) is 96.4 Å². The van der Waals surface area contributed by atoms with Crippen LogP contribution in [-0.4, -0.2) is 53.0 Å². The van der Waals surface area contributed by atoms with Gasteiger partial charge in [0.2, 0.25) is 0 Å². The van der Waals surface area contributed by atoms with Gasteiger partial charge in [-0.1, -0.05) is 25.4 Å². The van der Waals surface area contributed by atoms with Crippen LogP contribution in [0.25, 0.3) is 10.9 Å². The van der Waals surface area contributed by atoms with Crippen LogP contribution in [0.5, 0.6) is 5.75 Å². The van der Waals surface area contributed by atoms with Crippen LogP contribution in [0.4, 0.5) is 0 Å². The molecule has 0 aliphatic carbocycles. The van der Waals surface area contributed by atoms with Crippen molar-refractivity contribution in [3.8, 4) is 5.75 Å². The van der Waals surface area contributed by atoms with Crippen LogP contribution in [0, 0.1) is 12.8 Å². The number of carbonyl (C=O) groups is 2. The molecule has 1 aliphatic rings. The Morgan fingerprint density at radius 1 is 1.20 bits per heavy atom. The molecule has 1 aromatic carbocycles. The number of nitrogens with zero attached hydrogens (tertiary/aromatic N) is 2. The first-order valence-electron chi connectivity index (χ1n) is 11.9. The number of halogens is 1. The minimum absolute atomic E-state index is 0.148. The lowest BCUT2D eigenvalue weighted by Gasteiger charge is -2.19. The number of H-pyrrole nitrogens is 1. The summed E-state index contributed by atoms with van der Waals surface area (Å²) >= 11 is 6.14. The molecule has 0 unspecified atom stereocenters. The number of aromatic amines is 1. The third kappa shape index (κ3) is 4.93. The summed E-state index contributed by atoms with van der Waals surface area (Å²) in [5.41, 5.74) is 2.88. The Morgan fingerprint density at radius 3 is 2.69 bits per heavy atom. The molecular formula is C26H31ClN4O4. The molecule has 3 heterocycles. The molecule has 8 nitrogen and oxygen atoms in total. The van der Waals surface area contributed by atoms with Crippen LogP contribution in [0.15, 0.2) is 29.1 Å². The van der Waals surface area contributed by atoms with Crippen molar-refractivity contribution in [3.63, 3.8) is 0 Å². The lowest BCUT2D eigenvalue weighted by Crippen LogP contribution is -2.34. The number of aromatic nitrogens is 2. The molecule has 1 aliphatic heterocycles. The minimum Gasteiger partial charge on any atom is -0.496 e. The number of fused-ring (bicyclic) bond motifs is 2. The first-order chi connectivity index (χ1) is 16.7. The van der Waals surface area contributed by atoms with Crippen molar-refractivity contribution in [1.29, 1.82) is 0 Å². The Hall–Kier alpha value is -3.26. The Bertz CT molecular complexity index is 1340. The average molecular weight is 499 g/mol. The second kappa shape index (κ2) is 10.2. The number of nitrogens with one attached hydrogen (secondary N) is 2. The number of rotatable bonds is 6. The van der Waals surface area contributed by atoms with Gasteiger partial charge >= 0.3 is 0 Å². The number of methoxy groups -OCH3 is 1. The van der Waals surface area contributed by atoms with E-state index in [-0.39, 0.29) is 23.1 Å². The van der Waals surface area contributed by atoms with Gasteiger partial charge < -0.3 is 24.5 Å². The van der Waals surface area contributed by atoms with Gasteiger partial charge in [0.25, 0.3) is 17.4 Å². The number of hydrogen-bond donors (Lipinski definition) is 2. The predicted octanol–water partition coefficient (Wildman–Crippen LogP) is 3.77. The smallest absolute Gasteiger partial charge is 0.270 e. The van der Waals surface area contributed by atoms with Crippen molar-refractivity contribution in [1.82, 2.24) is 19.8 Å². The van der Waals surface area contributed by atoms with Crippen LogP contribution in [0.1, 0.15) is 52.4 Å². The van der Waals surface area contributed by atoms with E-state index in [1.54, 1.807) is 15.5 Å². The van der Waals surface area contributed by atoms with Crippen LogP contribution in [0.3, 0.4) is 0 Å². The van der Waals surface area contributed by atoms with Crippen LogP contribution < -0.4 is 15.6 Å². The summed E-state index contributed by atoms with van der Waals surface area (Å²) in [6.45, 7) is 7.62. The number of amides is 2. The van der Waals surface area contributed by atoms with Gasteiger partial charge in [-0.05, 0) is 43.0 Å². The molecule has 4 rings (SSSR count). The van der Waals surface area contributed by atoms with Gasteiger partial charge in [-0.3, -0.25) is 14.4 Å². The number of ether oxygens (including phenoxy) is 1. The van der Waals surface area contributed by atoms with E-state index >= 15 is 0 Å². The molecule has 3 aromatic rings. The summed E-state index contributed by atoms with van der Waals surface area (Å²) in [6.07, 6.45) is 1.20. The summed E-state index contributed by atoms with van der Waals surface area (Å²) in [5, 5.41) is 4.46. The molecule has 0 saturated carbocycles. The maximum Gasteiger partial charge on any atom is 0.270 e. The number of pyridine rings is 1. The Morgan fingerprint density at radius 2 is 1.97 bits per heavy atom. The Balaban J connectivity index is 1.63. The number of hydrogen-bond acceptors (Lipinski definition) is 4. The highest BCUT2D eigenvalue weighted by atomic mass is 35.5. The average Bonchev–Trinajstić information content (AvgIpc) is 2.99. The van der Waals surface area contributed by atoms with Gasteiger partial charge in [-0.15, -0.1) is 0 Å². The van der Waals surface area contributed by atoms with Crippen LogP contribution >= 0.6 is 11.6 Å². The van der Waals surface area contributed by atoms with E-state index in [1.807, 2.05) is 19.1 Å². The Labute approximate surface area is 209 Å². The van der Waals surface area contributed by atoms with Crippen LogP contribution in [0.2, 0.25) is 5.02 Å². The molecule has 2 N–H and O–H groups in total. The number of carbonyl (C=O) groups excluding carboxylic acids is 2. The predicted molar refractivity (Wildman–Crippen MR) is 137 cm³/mol. The fraction of sp³-hybridized carbons (Fsp3) is 0.423. The van der Waals surface area contributed by atoms with E-state index in [1.165, 1.54) is 13.2 Å². The lowest BCUT2D eigenvalue weighted by atomic mass is 10.1. The van der Waals surface area contributed by atoms with E-state index in [0.29, 0.717) is 60.5 Å². The molecule has 0 atom stereocenters. The Kier molecular flexibility index (Phi) is 7.21. The molecule has 0 spiro atoms. The monoisotopic (exact) mass is 498 g/mol. The third-order valence-corrected chi connectivity index (χ3v) is 6.80. The molecule has 0 fully saturated rings. The highest BCUT2D eigenvalue weighted by molar-refractivity contribution is 6.31. The van der Waals surface area contributed by atoms with Gasteiger partial charge in [0, 0.05) is 60.3 Å². The zero-order chi connectivity index (χ0) is 25.3.